The molecule has 3 aromatic carbocycles. The molecule has 134 valence electrons. The van der Waals surface area contributed by atoms with Gasteiger partial charge in [0.2, 0.25) is 0 Å². The Kier molecular flexibility index (Phi) is 4.01. The van der Waals surface area contributed by atoms with E-state index in [9.17, 15) is 9.59 Å². The van der Waals surface area contributed by atoms with Crippen LogP contribution in [0.2, 0.25) is 0 Å². The smallest absolute Gasteiger partial charge is 0.337 e. The number of fused-ring (bicyclic) bond motifs is 3. The molecule has 0 unspecified atom stereocenters. The third kappa shape index (κ3) is 2.87. The zero-order valence-corrected chi connectivity index (χ0v) is 14.6. The second kappa shape index (κ2) is 6.49. The lowest BCUT2D eigenvalue weighted by Crippen LogP contribution is -2.19. The molecular weight excluding hydrogens is 342 g/mol. The Morgan fingerprint density at radius 1 is 0.926 bits per heavy atom. The van der Waals surface area contributed by atoms with E-state index in [2.05, 4.69) is 5.32 Å². The summed E-state index contributed by atoms with van der Waals surface area (Å²) >= 11 is 0. The maximum absolute atomic E-state index is 13.1. The summed E-state index contributed by atoms with van der Waals surface area (Å²) in [4.78, 5) is 24.8. The topological polar surface area (TPSA) is 86.3 Å². The molecule has 0 aliphatic carbocycles. The van der Waals surface area contributed by atoms with Crippen molar-refractivity contribution in [1.82, 2.24) is 4.57 Å². The van der Waals surface area contributed by atoms with Crippen LogP contribution in [-0.2, 0) is 4.74 Å². The first kappa shape index (κ1) is 16.7. The maximum Gasteiger partial charge on any atom is 0.337 e. The molecule has 0 spiro atoms. The number of nitrogens with zero attached hydrogens (tertiary/aromatic N) is 1. The highest BCUT2D eigenvalue weighted by atomic mass is 16.5. The minimum absolute atomic E-state index is 0.273. The van der Waals surface area contributed by atoms with Gasteiger partial charge in [0.25, 0.3) is 0 Å². The van der Waals surface area contributed by atoms with Crippen LogP contribution in [0.1, 0.15) is 10.4 Å². The molecular formula is C21H17N3O3. The number of anilines is 2. The lowest BCUT2D eigenvalue weighted by molar-refractivity contribution is 0.0601. The molecule has 4 aromatic rings. The van der Waals surface area contributed by atoms with Crippen LogP contribution in [0.4, 0.5) is 16.2 Å². The molecule has 0 bridgehead atoms. The number of para-hydroxylation sites is 2. The van der Waals surface area contributed by atoms with Gasteiger partial charge in [-0.2, -0.15) is 0 Å². The lowest BCUT2D eigenvalue weighted by Gasteiger charge is -2.10. The first-order chi connectivity index (χ1) is 13.1. The van der Waals surface area contributed by atoms with Gasteiger partial charge in [0.1, 0.15) is 0 Å². The first-order valence-electron chi connectivity index (χ1n) is 8.37. The molecule has 0 aliphatic rings. The van der Waals surface area contributed by atoms with Crippen molar-refractivity contribution in [3.05, 3.63) is 72.3 Å². The average molecular weight is 359 g/mol. The maximum atomic E-state index is 13.1. The Morgan fingerprint density at radius 3 is 2.11 bits per heavy atom. The summed E-state index contributed by atoms with van der Waals surface area (Å²) in [5.74, 6) is -0.519. The molecule has 0 aliphatic heterocycles. The highest BCUT2D eigenvalue weighted by Gasteiger charge is 2.16. The van der Waals surface area contributed by atoms with Crippen molar-refractivity contribution >= 4 is 45.2 Å². The van der Waals surface area contributed by atoms with E-state index in [1.807, 2.05) is 48.5 Å². The van der Waals surface area contributed by atoms with Gasteiger partial charge in [0.15, 0.2) is 0 Å². The molecule has 0 fully saturated rings. The number of rotatable bonds is 2. The summed E-state index contributed by atoms with van der Waals surface area (Å²) in [5.41, 5.74) is 8.51. The number of esters is 1. The van der Waals surface area contributed by atoms with E-state index in [1.165, 1.54) is 19.2 Å². The Balaban J connectivity index is 1.80. The van der Waals surface area contributed by atoms with E-state index in [0.717, 1.165) is 21.8 Å². The van der Waals surface area contributed by atoms with E-state index in [-0.39, 0.29) is 11.6 Å². The van der Waals surface area contributed by atoms with E-state index in [1.54, 1.807) is 10.6 Å². The number of aromatic nitrogens is 1. The number of benzene rings is 3. The lowest BCUT2D eigenvalue weighted by atomic mass is 10.2. The van der Waals surface area contributed by atoms with Gasteiger partial charge in [0.05, 0.1) is 23.7 Å². The van der Waals surface area contributed by atoms with Crippen LogP contribution in [0.5, 0.6) is 0 Å². The Morgan fingerprint density at radius 2 is 1.52 bits per heavy atom. The number of nitrogens with one attached hydrogen (secondary N) is 1. The largest absolute Gasteiger partial charge is 0.465 e. The van der Waals surface area contributed by atoms with E-state index in [0.29, 0.717) is 11.4 Å². The van der Waals surface area contributed by atoms with Crippen molar-refractivity contribution in [2.45, 2.75) is 0 Å². The Bertz CT molecular complexity index is 1140. The van der Waals surface area contributed by atoms with Crippen LogP contribution in [0.15, 0.2) is 66.7 Å². The number of methoxy groups -OCH3 is 1. The van der Waals surface area contributed by atoms with E-state index in [4.69, 9.17) is 10.5 Å². The normalized spacial score (nSPS) is 10.9. The SMILES string of the molecule is COC(=O)c1cc(N)cc(NC(=O)n2c3ccccc3c3ccccc32)c1. The van der Waals surface area contributed by atoms with Crippen molar-refractivity contribution in [2.75, 3.05) is 18.2 Å². The van der Waals surface area contributed by atoms with Crippen LogP contribution < -0.4 is 11.1 Å². The van der Waals surface area contributed by atoms with Crippen molar-refractivity contribution < 1.29 is 14.3 Å². The molecule has 1 aromatic heterocycles. The summed E-state index contributed by atoms with van der Waals surface area (Å²) < 4.78 is 6.34. The molecule has 0 saturated heterocycles. The van der Waals surface area contributed by atoms with Crippen LogP contribution in [-0.4, -0.2) is 23.7 Å². The number of nitrogens with two attached hydrogens (primary N) is 1. The monoisotopic (exact) mass is 359 g/mol. The summed E-state index contributed by atoms with van der Waals surface area (Å²) in [6.07, 6.45) is 0. The number of hydrogen-bond acceptors (Lipinski definition) is 4. The molecule has 6 nitrogen and oxygen atoms in total. The Hall–Kier alpha value is -3.80. The van der Waals surface area contributed by atoms with Crippen LogP contribution >= 0.6 is 0 Å². The van der Waals surface area contributed by atoms with Crippen LogP contribution in [0.3, 0.4) is 0 Å². The third-order valence-electron chi connectivity index (χ3n) is 4.41. The van der Waals surface area contributed by atoms with Crippen molar-refractivity contribution in [3.8, 4) is 0 Å². The predicted molar refractivity (Wildman–Crippen MR) is 106 cm³/mol. The third-order valence-corrected chi connectivity index (χ3v) is 4.41. The highest BCUT2D eigenvalue weighted by molar-refractivity contribution is 6.15. The number of carbonyl (C=O) groups excluding carboxylic acids is 2. The van der Waals surface area contributed by atoms with Gasteiger partial charge in [-0.1, -0.05) is 36.4 Å². The highest BCUT2D eigenvalue weighted by Crippen LogP contribution is 2.29. The summed E-state index contributed by atoms with van der Waals surface area (Å²) in [7, 11) is 1.29. The molecule has 1 heterocycles. The fraction of sp³-hybridized carbons (Fsp3) is 0.0476. The number of ether oxygens (including phenoxy) is 1. The fourth-order valence-electron chi connectivity index (χ4n) is 3.28. The molecule has 0 saturated carbocycles. The number of nitrogen functional groups attached to an aromatic ring is 1. The molecule has 27 heavy (non-hydrogen) atoms. The zero-order valence-electron chi connectivity index (χ0n) is 14.6. The standard InChI is InChI=1S/C21H17N3O3/c1-27-20(25)13-10-14(22)12-15(11-13)23-21(26)24-18-8-4-2-6-16(18)17-7-3-5-9-19(17)24/h2-12H,22H2,1H3,(H,23,26). The number of amides is 1. The molecule has 0 radical (unpaired) electrons. The second-order valence-electron chi connectivity index (χ2n) is 6.14. The van der Waals surface area contributed by atoms with Gasteiger partial charge in [0, 0.05) is 22.1 Å². The zero-order chi connectivity index (χ0) is 19.0. The van der Waals surface area contributed by atoms with Crippen molar-refractivity contribution in [1.29, 1.82) is 0 Å². The first-order valence-corrected chi connectivity index (χ1v) is 8.37. The summed E-state index contributed by atoms with van der Waals surface area (Å²) in [6.45, 7) is 0. The van der Waals surface area contributed by atoms with Gasteiger partial charge in [-0.3, -0.25) is 4.57 Å². The quantitative estimate of drug-likeness (QED) is 0.414. The Labute approximate surface area is 155 Å². The van der Waals surface area contributed by atoms with E-state index >= 15 is 0 Å². The average Bonchev–Trinajstić information content (AvgIpc) is 3.01. The molecule has 3 N–H and O–H groups in total. The molecule has 1 amide bonds. The fourth-order valence-corrected chi connectivity index (χ4v) is 3.28. The van der Waals surface area contributed by atoms with Gasteiger partial charge in [-0.25, -0.2) is 9.59 Å². The van der Waals surface area contributed by atoms with E-state index < -0.39 is 5.97 Å². The molecule has 6 heteroatoms. The predicted octanol–water partition coefficient (Wildman–Crippen LogP) is 4.24. The minimum Gasteiger partial charge on any atom is -0.465 e. The van der Waals surface area contributed by atoms with Gasteiger partial charge in [-0.15, -0.1) is 0 Å². The van der Waals surface area contributed by atoms with Gasteiger partial charge in [-0.05, 0) is 30.3 Å². The van der Waals surface area contributed by atoms with Crippen LogP contribution in [0.25, 0.3) is 21.8 Å². The summed E-state index contributed by atoms with van der Waals surface area (Å²) in [5, 5.41) is 4.81. The summed E-state index contributed by atoms with van der Waals surface area (Å²) in [6, 6.07) is 19.7. The minimum atomic E-state index is -0.519. The molecule has 0 atom stereocenters. The number of hydrogen-bond donors (Lipinski definition) is 2. The van der Waals surface area contributed by atoms with Crippen LogP contribution in [0, 0.1) is 0 Å². The second-order valence-corrected chi connectivity index (χ2v) is 6.14. The van der Waals surface area contributed by atoms with Gasteiger partial charge >= 0.3 is 12.0 Å². The number of carbonyl (C=O) groups is 2. The molecule has 4 rings (SSSR count). The van der Waals surface area contributed by atoms with Gasteiger partial charge < -0.3 is 15.8 Å². The van der Waals surface area contributed by atoms with Crippen molar-refractivity contribution in [3.63, 3.8) is 0 Å². The van der Waals surface area contributed by atoms with Crippen molar-refractivity contribution in [2.24, 2.45) is 0 Å².